The van der Waals surface area contributed by atoms with E-state index in [1.54, 1.807) is 41.5 Å². The molecule has 3 atom stereocenters. The van der Waals surface area contributed by atoms with Crippen LogP contribution in [0.4, 0.5) is 11.4 Å². The number of aryl methyl sites for hydroxylation is 1. The summed E-state index contributed by atoms with van der Waals surface area (Å²) in [5.74, 6) is -1.43. The van der Waals surface area contributed by atoms with Crippen LogP contribution >= 0.6 is 0 Å². The summed E-state index contributed by atoms with van der Waals surface area (Å²) in [5.41, 5.74) is 2.92. The molecule has 2 saturated heterocycles. The highest BCUT2D eigenvalue weighted by Gasteiger charge is 2.60. The maximum Gasteiger partial charge on any atom is 0.266 e. The van der Waals surface area contributed by atoms with Gasteiger partial charge >= 0.3 is 0 Å². The number of fused-ring (bicyclic) bond motifs is 1. The number of hydroxylamine groups is 1. The highest BCUT2D eigenvalue weighted by molar-refractivity contribution is 6.23. The number of nitrogens with zero attached hydrogens (tertiary/aromatic N) is 2. The fourth-order valence-electron chi connectivity index (χ4n) is 4.40. The largest absolute Gasteiger partial charge is 0.508 e. The van der Waals surface area contributed by atoms with Gasteiger partial charge in [0.25, 0.3) is 5.91 Å². The maximum atomic E-state index is 13.5. The summed E-state index contributed by atoms with van der Waals surface area (Å²) in [6.07, 6.45) is -0.0825. The summed E-state index contributed by atoms with van der Waals surface area (Å²) in [7, 11) is 0. The average molecular weight is 414 g/mol. The lowest BCUT2D eigenvalue weighted by atomic mass is 9.90. The molecule has 0 aliphatic carbocycles. The second-order valence-corrected chi connectivity index (χ2v) is 7.75. The lowest BCUT2D eigenvalue weighted by molar-refractivity contribution is -0.126. The Balaban J connectivity index is 1.58. The summed E-state index contributed by atoms with van der Waals surface area (Å²) in [6, 6.07) is 23.0. The van der Waals surface area contributed by atoms with Crippen molar-refractivity contribution in [3.63, 3.8) is 0 Å². The molecule has 1 N–H and O–H groups in total. The fourth-order valence-corrected chi connectivity index (χ4v) is 4.40. The van der Waals surface area contributed by atoms with Gasteiger partial charge in [0.05, 0.1) is 17.4 Å². The molecule has 0 bridgehead atoms. The van der Waals surface area contributed by atoms with Crippen molar-refractivity contribution in [2.75, 3.05) is 9.96 Å². The third kappa shape index (κ3) is 3.07. The highest BCUT2D eigenvalue weighted by atomic mass is 16.7. The van der Waals surface area contributed by atoms with E-state index in [4.69, 9.17) is 4.84 Å². The summed E-state index contributed by atoms with van der Waals surface area (Å²) < 4.78 is 0. The zero-order valence-electron chi connectivity index (χ0n) is 17.0. The van der Waals surface area contributed by atoms with Crippen molar-refractivity contribution in [1.29, 1.82) is 0 Å². The molecule has 0 saturated carbocycles. The number of aromatic hydroxyl groups is 1. The Morgan fingerprint density at radius 2 is 1.52 bits per heavy atom. The van der Waals surface area contributed by atoms with Gasteiger partial charge in [-0.2, -0.15) is 0 Å². The van der Waals surface area contributed by atoms with E-state index in [1.807, 2.05) is 42.5 Å². The molecule has 6 nitrogen and oxygen atoms in total. The molecule has 2 fully saturated rings. The van der Waals surface area contributed by atoms with Crippen molar-refractivity contribution >= 4 is 23.2 Å². The number of benzene rings is 3. The molecule has 2 aliphatic heterocycles. The first kappa shape index (κ1) is 19.3. The van der Waals surface area contributed by atoms with Crippen molar-refractivity contribution in [2.24, 2.45) is 5.92 Å². The minimum absolute atomic E-state index is 0.0590. The number of rotatable bonds is 4. The zero-order valence-corrected chi connectivity index (χ0v) is 17.0. The van der Waals surface area contributed by atoms with E-state index in [2.05, 4.69) is 6.92 Å². The Bertz CT molecular complexity index is 1130. The summed E-state index contributed by atoms with van der Waals surface area (Å²) in [4.78, 5) is 34.1. The second kappa shape index (κ2) is 7.56. The van der Waals surface area contributed by atoms with Crippen LogP contribution < -0.4 is 9.96 Å². The molecule has 2 amide bonds. The van der Waals surface area contributed by atoms with Crippen LogP contribution in [0.15, 0.2) is 78.9 Å². The number of carbonyl (C=O) groups excluding carboxylic acids is 2. The molecule has 6 heteroatoms. The van der Waals surface area contributed by atoms with Crippen LogP contribution in [0.3, 0.4) is 0 Å². The van der Waals surface area contributed by atoms with Crippen LogP contribution in [0.25, 0.3) is 0 Å². The number of amides is 2. The molecule has 2 heterocycles. The Morgan fingerprint density at radius 3 is 2.19 bits per heavy atom. The molecule has 3 aromatic carbocycles. The van der Waals surface area contributed by atoms with E-state index in [0.29, 0.717) is 16.9 Å². The smallest absolute Gasteiger partial charge is 0.266 e. The second-order valence-electron chi connectivity index (χ2n) is 7.75. The van der Waals surface area contributed by atoms with E-state index in [9.17, 15) is 14.7 Å². The first-order chi connectivity index (χ1) is 15.1. The van der Waals surface area contributed by atoms with E-state index in [0.717, 1.165) is 12.0 Å². The lowest BCUT2D eigenvalue weighted by Crippen LogP contribution is -2.37. The van der Waals surface area contributed by atoms with Crippen LogP contribution in [0, 0.1) is 5.92 Å². The monoisotopic (exact) mass is 414 g/mol. The van der Waals surface area contributed by atoms with Gasteiger partial charge in [0, 0.05) is 5.56 Å². The van der Waals surface area contributed by atoms with Gasteiger partial charge in [-0.25, -0.2) is 9.96 Å². The Morgan fingerprint density at radius 1 is 0.839 bits per heavy atom. The van der Waals surface area contributed by atoms with Crippen LogP contribution in [0.1, 0.15) is 24.1 Å². The topological polar surface area (TPSA) is 70.1 Å². The number of anilines is 2. The summed E-state index contributed by atoms with van der Waals surface area (Å²) in [6.45, 7) is 2.05. The third-order valence-electron chi connectivity index (χ3n) is 5.98. The minimum atomic E-state index is -0.955. The van der Waals surface area contributed by atoms with E-state index in [1.165, 1.54) is 4.90 Å². The van der Waals surface area contributed by atoms with Gasteiger partial charge in [0.1, 0.15) is 11.7 Å². The molecule has 2 aliphatic rings. The van der Waals surface area contributed by atoms with Crippen LogP contribution in [0.5, 0.6) is 5.75 Å². The molecule has 156 valence electrons. The normalized spacial score (nSPS) is 22.8. The first-order valence-electron chi connectivity index (χ1n) is 10.4. The molecule has 0 aromatic heterocycles. The van der Waals surface area contributed by atoms with Gasteiger partial charge in [-0.15, -0.1) is 0 Å². The molecule has 0 radical (unpaired) electrons. The van der Waals surface area contributed by atoms with Crippen molar-refractivity contribution in [3.05, 3.63) is 90.0 Å². The molecule has 31 heavy (non-hydrogen) atoms. The number of hydrogen-bond acceptors (Lipinski definition) is 5. The number of phenolic OH excluding ortho intramolecular Hbond substituents is 1. The number of hydrogen-bond donors (Lipinski definition) is 1. The van der Waals surface area contributed by atoms with E-state index < -0.39 is 24.0 Å². The Hall–Kier alpha value is -3.64. The fraction of sp³-hybridized carbons (Fsp3) is 0.200. The predicted molar refractivity (Wildman–Crippen MR) is 116 cm³/mol. The Kier molecular flexibility index (Phi) is 4.71. The van der Waals surface area contributed by atoms with Gasteiger partial charge in [0.15, 0.2) is 6.10 Å². The van der Waals surface area contributed by atoms with Crippen molar-refractivity contribution in [3.8, 4) is 5.75 Å². The van der Waals surface area contributed by atoms with Crippen LogP contribution in [-0.4, -0.2) is 23.0 Å². The van der Waals surface area contributed by atoms with Crippen molar-refractivity contribution in [1.82, 2.24) is 0 Å². The van der Waals surface area contributed by atoms with Gasteiger partial charge in [-0.05, 0) is 42.3 Å². The minimum Gasteiger partial charge on any atom is -0.508 e. The Labute approximate surface area is 180 Å². The van der Waals surface area contributed by atoms with Gasteiger partial charge in [-0.3, -0.25) is 14.4 Å². The molecular weight excluding hydrogens is 392 g/mol. The molecular formula is C25H22N2O4. The molecule has 5 rings (SSSR count). The average Bonchev–Trinajstić information content (AvgIpc) is 3.31. The molecule has 0 spiro atoms. The quantitative estimate of drug-likeness (QED) is 0.654. The van der Waals surface area contributed by atoms with Crippen molar-refractivity contribution in [2.45, 2.75) is 25.5 Å². The third-order valence-corrected chi connectivity index (χ3v) is 5.98. The lowest BCUT2D eigenvalue weighted by Gasteiger charge is -2.29. The van der Waals surface area contributed by atoms with Gasteiger partial charge < -0.3 is 5.11 Å². The van der Waals surface area contributed by atoms with Gasteiger partial charge in [0.2, 0.25) is 5.91 Å². The van der Waals surface area contributed by atoms with E-state index in [-0.39, 0.29) is 11.7 Å². The van der Waals surface area contributed by atoms with Gasteiger partial charge in [-0.1, -0.05) is 55.5 Å². The van der Waals surface area contributed by atoms with Crippen LogP contribution in [0.2, 0.25) is 0 Å². The van der Waals surface area contributed by atoms with Crippen LogP contribution in [-0.2, 0) is 20.8 Å². The molecule has 3 aromatic rings. The number of carbonyl (C=O) groups is 2. The first-order valence-corrected chi connectivity index (χ1v) is 10.4. The van der Waals surface area contributed by atoms with Crippen molar-refractivity contribution < 1.29 is 19.5 Å². The maximum absolute atomic E-state index is 13.5. The SMILES string of the molecule is CCc1ccc(N2C(=O)[C@H]3[C@@H](ON(c4ccccc4)[C@H]3c3ccccc3O)C2=O)cc1. The standard InChI is InChI=1S/C25H22N2O4/c1-2-16-12-14-17(15-13-16)26-24(29)21-22(19-10-6-7-11-20(19)28)27(31-23(21)25(26)30)18-8-4-3-5-9-18/h3-15,21-23,28H,2H2,1H3/t21-,22+,23-/m1/s1. The summed E-state index contributed by atoms with van der Waals surface area (Å²) >= 11 is 0. The predicted octanol–water partition coefficient (Wildman–Crippen LogP) is 4.01. The number of imide groups is 1. The zero-order chi connectivity index (χ0) is 21.5. The highest BCUT2D eigenvalue weighted by Crippen LogP contribution is 2.49. The number of para-hydroxylation sites is 2. The van der Waals surface area contributed by atoms with E-state index >= 15 is 0 Å². The number of phenols is 1. The summed E-state index contributed by atoms with van der Waals surface area (Å²) in [5, 5.41) is 12.1. The molecule has 0 unspecified atom stereocenters.